The normalized spacial score (nSPS) is 56.1. The first kappa shape index (κ1) is 8.15. The number of hydrogen-bond acceptors (Lipinski definition) is 1. The fourth-order valence-electron chi connectivity index (χ4n) is 5.24. The van der Waals surface area contributed by atoms with Crippen molar-refractivity contribution in [3.8, 4) is 0 Å². The van der Waals surface area contributed by atoms with Crippen LogP contribution in [0.15, 0.2) is 0 Å². The molecule has 5 rings (SSSR count). The summed E-state index contributed by atoms with van der Waals surface area (Å²) in [4.78, 5) is 2.84. The van der Waals surface area contributed by atoms with Gasteiger partial charge in [0.2, 0.25) is 0 Å². The minimum atomic E-state index is 0.729. The molecule has 0 radical (unpaired) electrons. The van der Waals surface area contributed by atoms with Crippen molar-refractivity contribution >= 4 is 0 Å². The van der Waals surface area contributed by atoms with Crippen LogP contribution in [0.5, 0.6) is 0 Å². The summed E-state index contributed by atoms with van der Waals surface area (Å²) in [5.41, 5.74) is 0.729. The van der Waals surface area contributed by atoms with Gasteiger partial charge < -0.3 is 0 Å². The van der Waals surface area contributed by atoms with Crippen molar-refractivity contribution in [3.05, 3.63) is 0 Å². The molecule has 0 atom stereocenters. The van der Waals surface area contributed by atoms with Crippen LogP contribution in [0.1, 0.15) is 44.9 Å². The highest BCUT2D eigenvalue weighted by Gasteiger charge is 2.54. The smallest absolute Gasteiger partial charge is 0.0217 e. The van der Waals surface area contributed by atoms with Crippen molar-refractivity contribution < 1.29 is 0 Å². The summed E-state index contributed by atoms with van der Waals surface area (Å²) in [6.07, 6.45) is 11.0. The first-order valence-corrected chi connectivity index (χ1v) is 6.59. The van der Waals surface area contributed by atoms with Gasteiger partial charge in [-0.15, -0.1) is 0 Å². The summed E-state index contributed by atoms with van der Waals surface area (Å²) in [6, 6.07) is 0. The highest BCUT2D eigenvalue weighted by Crippen LogP contribution is 2.58. The third-order valence-corrected chi connectivity index (χ3v) is 5.53. The molecule has 0 amide bonds. The Morgan fingerprint density at radius 2 is 1.29 bits per heavy atom. The van der Waals surface area contributed by atoms with E-state index in [1.807, 2.05) is 0 Å². The summed E-state index contributed by atoms with van der Waals surface area (Å²) >= 11 is 0. The number of nitrogens with zero attached hydrogens (tertiary/aromatic N) is 1. The topological polar surface area (TPSA) is 3.24 Å². The van der Waals surface area contributed by atoms with E-state index in [1.54, 1.807) is 38.5 Å². The van der Waals surface area contributed by atoms with Gasteiger partial charge in [0.05, 0.1) is 0 Å². The predicted octanol–water partition coefficient (Wildman–Crippen LogP) is 2.66. The zero-order valence-electron chi connectivity index (χ0n) is 9.04. The largest absolute Gasteiger partial charge is 0.298 e. The van der Waals surface area contributed by atoms with Crippen molar-refractivity contribution in [2.45, 2.75) is 50.5 Å². The van der Waals surface area contributed by atoms with E-state index in [0.717, 1.165) is 23.3 Å². The zero-order chi connectivity index (χ0) is 9.17. The van der Waals surface area contributed by atoms with Gasteiger partial charge in [0, 0.05) is 5.54 Å². The monoisotopic (exact) mass is 191 g/mol. The van der Waals surface area contributed by atoms with Crippen molar-refractivity contribution in [2.24, 2.45) is 17.8 Å². The van der Waals surface area contributed by atoms with Gasteiger partial charge in [0.1, 0.15) is 0 Å². The van der Waals surface area contributed by atoms with Gasteiger partial charge >= 0.3 is 0 Å². The third-order valence-electron chi connectivity index (χ3n) is 5.53. The van der Waals surface area contributed by atoms with Crippen molar-refractivity contribution in [3.63, 3.8) is 0 Å². The predicted molar refractivity (Wildman–Crippen MR) is 57.1 cm³/mol. The average Bonchev–Trinajstić information content (AvgIpc) is 1.95. The molecule has 14 heavy (non-hydrogen) atoms. The summed E-state index contributed by atoms with van der Waals surface area (Å²) in [7, 11) is 0. The molecule has 0 unspecified atom stereocenters. The Labute approximate surface area is 86.9 Å². The van der Waals surface area contributed by atoms with E-state index in [9.17, 15) is 0 Å². The van der Waals surface area contributed by atoms with Gasteiger partial charge in [-0.05, 0) is 75.8 Å². The maximum absolute atomic E-state index is 2.84. The van der Waals surface area contributed by atoms with Crippen LogP contribution in [0.4, 0.5) is 0 Å². The SMILES string of the molecule is C1CN(C23CC4CC(CC(C4)C2)C3)C1. The highest BCUT2D eigenvalue weighted by molar-refractivity contribution is 5.08. The molecule has 78 valence electrons. The van der Waals surface area contributed by atoms with E-state index in [-0.39, 0.29) is 0 Å². The molecule has 5 fully saturated rings. The molecule has 0 aromatic rings. The molecule has 4 aliphatic carbocycles. The van der Waals surface area contributed by atoms with Crippen LogP contribution in [0.2, 0.25) is 0 Å². The second kappa shape index (κ2) is 2.55. The molecular formula is C13H21N. The molecular weight excluding hydrogens is 170 g/mol. The summed E-state index contributed by atoms with van der Waals surface area (Å²) in [5, 5.41) is 0. The molecule has 1 heteroatoms. The first-order chi connectivity index (χ1) is 6.84. The molecule has 1 nitrogen and oxygen atoms in total. The maximum Gasteiger partial charge on any atom is 0.0217 e. The number of hydrogen-bond donors (Lipinski definition) is 0. The minimum absolute atomic E-state index is 0.729. The molecule has 1 saturated heterocycles. The van der Waals surface area contributed by atoms with Gasteiger partial charge in [-0.25, -0.2) is 0 Å². The number of rotatable bonds is 1. The lowest BCUT2D eigenvalue weighted by Gasteiger charge is -2.62. The van der Waals surface area contributed by atoms with Crippen LogP contribution in [0, 0.1) is 17.8 Å². The Kier molecular flexibility index (Phi) is 1.49. The van der Waals surface area contributed by atoms with E-state index >= 15 is 0 Å². The molecule has 0 aromatic heterocycles. The first-order valence-electron chi connectivity index (χ1n) is 6.59. The van der Waals surface area contributed by atoms with Crippen molar-refractivity contribution in [2.75, 3.05) is 13.1 Å². The van der Waals surface area contributed by atoms with E-state index in [4.69, 9.17) is 0 Å². The highest BCUT2D eigenvalue weighted by atomic mass is 15.2. The van der Waals surface area contributed by atoms with Crippen LogP contribution >= 0.6 is 0 Å². The quantitative estimate of drug-likeness (QED) is 0.616. The molecule has 0 spiro atoms. The van der Waals surface area contributed by atoms with Crippen LogP contribution in [-0.2, 0) is 0 Å². The third kappa shape index (κ3) is 0.946. The molecule has 1 heterocycles. The Balaban J connectivity index is 1.66. The Hall–Kier alpha value is -0.0400. The van der Waals surface area contributed by atoms with Gasteiger partial charge in [-0.3, -0.25) is 4.90 Å². The second-order valence-corrected chi connectivity index (χ2v) is 6.48. The lowest BCUT2D eigenvalue weighted by Crippen LogP contribution is -2.63. The summed E-state index contributed by atoms with van der Waals surface area (Å²) in [5.74, 6) is 3.38. The lowest BCUT2D eigenvalue weighted by molar-refractivity contribution is -0.110. The van der Waals surface area contributed by atoms with Crippen LogP contribution < -0.4 is 0 Å². The van der Waals surface area contributed by atoms with Crippen molar-refractivity contribution in [1.29, 1.82) is 0 Å². The average molecular weight is 191 g/mol. The maximum atomic E-state index is 2.84. The summed E-state index contributed by atoms with van der Waals surface area (Å²) < 4.78 is 0. The fourth-order valence-corrected chi connectivity index (χ4v) is 5.24. The fraction of sp³-hybridized carbons (Fsp3) is 1.00. The molecule has 0 N–H and O–H groups in total. The van der Waals surface area contributed by atoms with Gasteiger partial charge in [-0.2, -0.15) is 0 Å². The minimum Gasteiger partial charge on any atom is -0.298 e. The van der Waals surface area contributed by atoms with Gasteiger partial charge in [0.25, 0.3) is 0 Å². The lowest BCUT2D eigenvalue weighted by atomic mass is 9.52. The van der Waals surface area contributed by atoms with E-state index in [1.165, 1.54) is 19.5 Å². The Bertz CT molecular complexity index is 219. The van der Waals surface area contributed by atoms with E-state index in [2.05, 4.69) is 4.90 Å². The Morgan fingerprint density at radius 1 is 0.786 bits per heavy atom. The van der Waals surface area contributed by atoms with Crippen LogP contribution in [0.3, 0.4) is 0 Å². The zero-order valence-corrected chi connectivity index (χ0v) is 9.04. The van der Waals surface area contributed by atoms with Gasteiger partial charge in [-0.1, -0.05) is 0 Å². The standard InChI is InChI=1S/C13H21N/c1-2-14(3-1)13-7-10-4-11(8-13)6-12(5-10)9-13/h10-12H,1-9H2. The molecule has 4 saturated carbocycles. The molecule has 5 aliphatic rings. The van der Waals surface area contributed by atoms with Crippen LogP contribution in [-0.4, -0.2) is 23.5 Å². The molecule has 0 aromatic carbocycles. The second-order valence-electron chi connectivity index (χ2n) is 6.48. The summed E-state index contributed by atoms with van der Waals surface area (Å²) in [6.45, 7) is 2.85. The van der Waals surface area contributed by atoms with Crippen LogP contribution in [0.25, 0.3) is 0 Å². The van der Waals surface area contributed by atoms with E-state index in [0.29, 0.717) is 0 Å². The van der Waals surface area contributed by atoms with Gasteiger partial charge in [0.15, 0.2) is 0 Å². The van der Waals surface area contributed by atoms with E-state index < -0.39 is 0 Å². The van der Waals surface area contributed by atoms with Crippen molar-refractivity contribution in [1.82, 2.24) is 4.90 Å². The molecule has 4 bridgehead atoms. The molecule has 1 aliphatic heterocycles. The number of likely N-dealkylation sites (tertiary alicyclic amines) is 1. The Morgan fingerprint density at radius 3 is 1.64 bits per heavy atom.